The SMILES string of the molecule is O=S(=O)(C1CC1)N1[C@@H]2CCC[C@H]1CC(Nc1noc(-c3ccccc3)n1)C2. The van der Waals surface area contributed by atoms with Crippen LogP contribution in [0.5, 0.6) is 0 Å². The van der Waals surface area contributed by atoms with Crippen molar-refractivity contribution in [2.24, 2.45) is 0 Å². The lowest BCUT2D eigenvalue weighted by Crippen LogP contribution is -2.57. The summed E-state index contributed by atoms with van der Waals surface area (Å²) in [6, 6.07) is 10.1. The van der Waals surface area contributed by atoms with Gasteiger partial charge in [-0.3, -0.25) is 0 Å². The molecule has 1 aromatic heterocycles. The van der Waals surface area contributed by atoms with Gasteiger partial charge < -0.3 is 9.84 Å². The molecule has 3 atom stereocenters. The monoisotopic (exact) mass is 388 g/mol. The summed E-state index contributed by atoms with van der Waals surface area (Å²) in [7, 11) is -3.12. The zero-order valence-corrected chi connectivity index (χ0v) is 15.9. The number of aromatic nitrogens is 2. The highest BCUT2D eigenvalue weighted by molar-refractivity contribution is 7.90. The van der Waals surface area contributed by atoms with Crippen molar-refractivity contribution in [2.45, 2.75) is 68.3 Å². The minimum atomic E-state index is -3.12. The van der Waals surface area contributed by atoms with Gasteiger partial charge in [-0.25, -0.2) is 8.42 Å². The van der Waals surface area contributed by atoms with Crippen molar-refractivity contribution in [3.8, 4) is 11.5 Å². The Morgan fingerprint density at radius 1 is 1.04 bits per heavy atom. The molecule has 3 aliphatic rings. The van der Waals surface area contributed by atoms with Gasteiger partial charge in [0.1, 0.15) is 0 Å². The maximum atomic E-state index is 12.9. The third-order valence-electron chi connectivity index (χ3n) is 5.93. The highest BCUT2D eigenvalue weighted by Crippen LogP contribution is 2.42. The number of sulfonamides is 1. The second-order valence-electron chi connectivity index (χ2n) is 7.91. The molecule has 27 heavy (non-hydrogen) atoms. The van der Waals surface area contributed by atoms with Crippen molar-refractivity contribution in [3.05, 3.63) is 30.3 Å². The van der Waals surface area contributed by atoms with Crippen molar-refractivity contribution in [1.29, 1.82) is 0 Å². The molecule has 1 N–H and O–H groups in total. The molecular weight excluding hydrogens is 364 g/mol. The molecule has 8 heteroatoms. The fraction of sp³-hybridized carbons (Fsp3) is 0.579. The maximum absolute atomic E-state index is 12.9. The lowest BCUT2D eigenvalue weighted by Gasteiger charge is -2.47. The molecule has 2 aliphatic heterocycles. The molecule has 2 aromatic rings. The van der Waals surface area contributed by atoms with Gasteiger partial charge in [0.2, 0.25) is 10.0 Å². The topological polar surface area (TPSA) is 88.3 Å². The summed E-state index contributed by atoms with van der Waals surface area (Å²) in [4.78, 5) is 4.45. The minimum absolute atomic E-state index is 0.0982. The molecule has 1 aromatic carbocycles. The molecule has 1 unspecified atom stereocenters. The third kappa shape index (κ3) is 3.25. The minimum Gasteiger partial charge on any atom is -0.349 e. The van der Waals surface area contributed by atoms with Gasteiger partial charge in [0.15, 0.2) is 0 Å². The van der Waals surface area contributed by atoms with E-state index in [1.165, 1.54) is 0 Å². The second-order valence-corrected chi connectivity index (χ2v) is 10.0. The van der Waals surface area contributed by atoms with E-state index in [2.05, 4.69) is 15.5 Å². The number of nitrogens with zero attached hydrogens (tertiary/aromatic N) is 3. The van der Waals surface area contributed by atoms with Crippen LogP contribution in [0.25, 0.3) is 11.5 Å². The summed E-state index contributed by atoms with van der Waals surface area (Å²) in [6.45, 7) is 0. The Labute approximate surface area is 159 Å². The average molecular weight is 388 g/mol. The van der Waals surface area contributed by atoms with Gasteiger partial charge in [-0.1, -0.05) is 24.6 Å². The predicted octanol–water partition coefficient (Wildman–Crippen LogP) is 3.03. The van der Waals surface area contributed by atoms with E-state index >= 15 is 0 Å². The van der Waals surface area contributed by atoms with Crippen LogP contribution in [0, 0.1) is 0 Å². The van der Waals surface area contributed by atoms with Crippen molar-refractivity contribution in [2.75, 3.05) is 5.32 Å². The predicted molar refractivity (Wildman–Crippen MR) is 102 cm³/mol. The zero-order valence-electron chi connectivity index (χ0n) is 15.1. The highest BCUT2D eigenvalue weighted by atomic mass is 32.2. The first kappa shape index (κ1) is 17.2. The quantitative estimate of drug-likeness (QED) is 0.847. The van der Waals surface area contributed by atoms with Crippen LogP contribution in [0.4, 0.5) is 5.95 Å². The Morgan fingerprint density at radius 2 is 1.74 bits per heavy atom. The van der Waals surface area contributed by atoms with Crippen molar-refractivity contribution in [1.82, 2.24) is 14.4 Å². The van der Waals surface area contributed by atoms with Crippen LogP contribution in [-0.2, 0) is 10.0 Å². The van der Waals surface area contributed by atoms with Crippen molar-refractivity contribution < 1.29 is 12.9 Å². The maximum Gasteiger partial charge on any atom is 0.263 e. The van der Waals surface area contributed by atoms with E-state index in [-0.39, 0.29) is 23.4 Å². The van der Waals surface area contributed by atoms with Crippen LogP contribution >= 0.6 is 0 Å². The van der Waals surface area contributed by atoms with E-state index in [0.29, 0.717) is 11.8 Å². The molecular formula is C19H24N4O3S. The lowest BCUT2D eigenvalue weighted by molar-refractivity contribution is 0.115. The van der Waals surface area contributed by atoms with Crippen molar-refractivity contribution >= 4 is 16.0 Å². The van der Waals surface area contributed by atoms with Gasteiger partial charge in [-0.15, -0.1) is 0 Å². The molecule has 2 saturated heterocycles. The fourth-order valence-corrected chi connectivity index (χ4v) is 6.86. The summed E-state index contributed by atoms with van der Waals surface area (Å²) in [5, 5.41) is 7.31. The standard InChI is InChI=1S/C19H24N4O3S/c24-27(25,17-9-10-17)23-15-7-4-8-16(23)12-14(11-15)20-19-21-18(26-22-19)13-5-2-1-3-6-13/h1-3,5-6,14-17H,4,7-12H2,(H,20,22)/t14?,15-,16+. The first-order chi connectivity index (χ1) is 13.1. The molecule has 1 saturated carbocycles. The van der Waals surface area contributed by atoms with E-state index in [0.717, 1.165) is 50.5 Å². The van der Waals surface area contributed by atoms with Crippen molar-refractivity contribution in [3.63, 3.8) is 0 Å². The molecule has 0 amide bonds. The van der Waals surface area contributed by atoms with Crippen LogP contribution in [0.15, 0.2) is 34.9 Å². The highest BCUT2D eigenvalue weighted by Gasteiger charge is 2.49. The largest absolute Gasteiger partial charge is 0.349 e. The van der Waals surface area contributed by atoms with Gasteiger partial charge in [0.05, 0.1) is 5.25 Å². The molecule has 3 heterocycles. The molecule has 0 radical (unpaired) electrons. The molecule has 0 spiro atoms. The van der Waals surface area contributed by atoms with Crippen LogP contribution < -0.4 is 5.32 Å². The molecule has 7 nitrogen and oxygen atoms in total. The Balaban J connectivity index is 1.30. The Bertz CT molecular complexity index is 896. The first-order valence-electron chi connectivity index (χ1n) is 9.79. The Hall–Kier alpha value is -1.93. The lowest BCUT2D eigenvalue weighted by atomic mass is 9.84. The molecule has 5 rings (SSSR count). The summed E-state index contributed by atoms with van der Waals surface area (Å²) in [5.74, 6) is 0.975. The normalized spacial score (nSPS) is 28.8. The number of fused-ring (bicyclic) bond motifs is 2. The number of nitrogens with one attached hydrogen (secondary N) is 1. The van der Waals surface area contributed by atoms with E-state index in [1.54, 1.807) is 0 Å². The summed E-state index contributed by atoms with van der Waals surface area (Å²) < 4.78 is 32.9. The first-order valence-corrected chi connectivity index (χ1v) is 11.3. The van der Waals surface area contributed by atoms with Crippen LogP contribution in [-0.4, -0.2) is 46.2 Å². The van der Waals surface area contributed by atoms with E-state index in [9.17, 15) is 8.42 Å². The number of rotatable bonds is 5. The van der Waals surface area contributed by atoms with E-state index < -0.39 is 10.0 Å². The van der Waals surface area contributed by atoms with E-state index in [4.69, 9.17) is 4.52 Å². The van der Waals surface area contributed by atoms with Crippen LogP contribution in [0.1, 0.15) is 44.9 Å². The Morgan fingerprint density at radius 3 is 2.41 bits per heavy atom. The second kappa shape index (κ2) is 6.60. The number of hydrogen-bond donors (Lipinski definition) is 1. The molecule has 144 valence electrons. The van der Waals surface area contributed by atoms with E-state index in [1.807, 2.05) is 34.6 Å². The van der Waals surface area contributed by atoms with Crippen LogP contribution in [0.3, 0.4) is 0 Å². The molecule has 1 aliphatic carbocycles. The summed E-state index contributed by atoms with van der Waals surface area (Å²) in [5.41, 5.74) is 0.889. The average Bonchev–Trinajstić information content (AvgIpc) is 3.43. The molecule has 2 bridgehead atoms. The number of hydrogen-bond acceptors (Lipinski definition) is 6. The fourth-order valence-electron chi connectivity index (χ4n) is 4.57. The van der Waals surface area contributed by atoms with Gasteiger partial charge >= 0.3 is 0 Å². The molecule has 3 fully saturated rings. The Kier molecular flexibility index (Phi) is 4.20. The third-order valence-corrected chi connectivity index (χ3v) is 8.42. The van der Waals surface area contributed by atoms with Gasteiger partial charge in [-0.2, -0.15) is 9.29 Å². The number of benzene rings is 1. The summed E-state index contributed by atoms with van der Waals surface area (Å²) >= 11 is 0. The smallest absolute Gasteiger partial charge is 0.263 e. The number of anilines is 1. The number of piperidine rings is 2. The zero-order chi connectivity index (χ0) is 18.4. The van der Waals surface area contributed by atoms with Gasteiger partial charge in [0, 0.05) is 23.7 Å². The van der Waals surface area contributed by atoms with Gasteiger partial charge in [0.25, 0.3) is 11.8 Å². The van der Waals surface area contributed by atoms with Crippen LogP contribution in [0.2, 0.25) is 0 Å². The van der Waals surface area contributed by atoms with Gasteiger partial charge in [-0.05, 0) is 55.8 Å². The summed E-state index contributed by atoms with van der Waals surface area (Å²) in [6.07, 6.45) is 6.26.